The summed E-state index contributed by atoms with van der Waals surface area (Å²) in [7, 11) is 0. The Kier molecular flexibility index (Phi) is 4.78. The Morgan fingerprint density at radius 3 is 2.83 bits per heavy atom. The predicted molar refractivity (Wildman–Crippen MR) is 72.6 cm³/mol. The Morgan fingerprint density at radius 1 is 1.44 bits per heavy atom. The van der Waals surface area contributed by atoms with Gasteiger partial charge in [-0.3, -0.25) is 4.68 Å². The lowest BCUT2D eigenvalue weighted by atomic mass is 10.1. The second-order valence-electron chi connectivity index (χ2n) is 5.59. The molecule has 1 aliphatic rings. The first-order valence-corrected chi connectivity index (χ1v) is 7.00. The minimum absolute atomic E-state index is 0.524. The second kappa shape index (κ2) is 6.34. The van der Waals surface area contributed by atoms with Gasteiger partial charge in [-0.05, 0) is 32.2 Å². The normalized spacial score (nSPS) is 17.6. The standard InChI is InChI=1S/C14H25N3O/c1-11(2)8-15-9-13-10-17(16-12(13)3)14-4-6-18-7-5-14/h10-11,14-15H,4-9H2,1-3H3. The van der Waals surface area contributed by atoms with Crippen LogP contribution >= 0.6 is 0 Å². The van der Waals surface area contributed by atoms with Crippen molar-refractivity contribution in [2.45, 2.75) is 46.2 Å². The van der Waals surface area contributed by atoms with E-state index in [1.54, 1.807) is 0 Å². The van der Waals surface area contributed by atoms with Crippen LogP contribution in [0.3, 0.4) is 0 Å². The predicted octanol–water partition coefficient (Wildman–Crippen LogP) is 2.29. The minimum Gasteiger partial charge on any atom is -0.381 e. The van der Waals surface area contributed by atoms with Gasteiger partial charge in [0.25, 0.3) is 0 Å². The van der Waals surface area contributed by atoms with Crippen LogP contribution in [0.15, 0.2) is 6.20 Å². The number of hydrogen-bond donors (Lipinski definition) is 1. The van der Waals surface area contributed by atoms with Crippen LogP contribution in [0.2, 0.25) is 0 Å². The zero-order chi connectivity index (χ0) is 13.0. The van der Waals surface area contributed by atoms with Gasteiger partial charge in [0.15, 0.2) is 0 Å². The molecule has 0 atom stereocenters. The highest BCUT2D eigenvalue weighted by atomic mass is 16.5. The average molecular weight is 251 g/mol. The van der Waals surface area contributed by atoms with Crippen LogP contribution in [0, 0.1) is 12.8 Å². The lowest BCUT2D eigenvalue weighted by molar-refractivity contribution is 0.0661. The summed E-state index contributed by atoms with van der Waals surface area (Å²) in [5, 5.41) is 8.13. The van der Waals surface area contributed by atoms with Crippen molar-refractivity contribution in [1.29, 1.82) is 0 Å². The topological polar surface area (TPSA) is 39.1 Å². The van der Waals surface area contributed by atoms with Crippen LogP contribution < -0.4 is 5.32 Å². The van der Waals surface area contributed by atoms with E-state index >= 15 is 0 Å². The van der Waals surface area contributed by atoms with E-state index < -0.39 is 0 Å². The van der Waals surface area contributed by atoms with Crippen molar-refractivity contribution in [2.24, 2.45) is 5.92 Å². The molecule has 1 aliphatic heterocycles. The van der Waals surface area contributed by atoms with Gasteiger partial charge < -0.3 is 10.1 Å². The zero-order valence-electron chi connectivity index (χ0n) is 11.8. The summed E-state index contributed by atoms with van der Waals surface area (Å²) in [6, 6.07) is 0.524. The summed E-state index contributed by atoms with van der Waals surface area (Å²) in [5.74, 6) is 0.691. The van der Waals surface area contributed by atoms with E-state index in [9.17, 15) is 0 Å². The Balaban J connectivity index is 1.93. The maximum Gasteiger partial charge on any atom is 0.0638 e. The third-order valence-electron chi connectivity index (χ3n) is 3.45. The van der Waals surface area contributed by atoms with E-state index in [-0.39, 0.29) is 0 Å². The molecule has 0 amide bonds. The van der Waals surface area contributed by atoms with Crippen LogP contribution in [0.5, 0.6) is 0 Å². The van der Waals surface area contributed by atoms with Crippen LogP contribution in [0.25, 0.3) is 0 Å². The summed E-state index contributed by atoms with van der Waals surface area (Å²) in [4.78, 5) is 0. The summed E-state index contributed by atoms with van der Waals surface area (Å²) in [6.07, 6.45) is 4.37. The van der Waals surface area contributed by atoms with E-state index in [4.69, 9.17) is 4.74 Å². The van der Waals surface area contributed by atoms with E-state index in [0.29, 0.717) is 12.0 Å². The third kappa shape index (κ3) is 3.56. The molecule has 0 aromatic carbocycles. The van der Waals surface area contributed by atoms with Crippen molar-refractivity contribution >= 4 is 0 Å². The Labute approximate surface area is 110 Å². The first-order valence-electron chi connectivity index (χ1n) is 7.00. The van der Waals surface area contributed by atoms with Crippen LogP contribution in [0.4, 0.5) is 0 Å². The molecule has 4 nitrogen and oxygen atoms in total. The summed E-state index contributed by atoms with van der Waals surface area (Å²) in [6.45, 7) is 10.3. The highest BCUT2D eigenvalue weighted by Crippen LogP contribution is 2.21. The van der Waals surface area contributed by atoms with E-state index in [1.807, 2.05) is 0 Å². The molecule has 1 aromatic rings. The maximum absolute atomic E-state index is 5.40. The molecule has 1 aromatic heterocycles. The SMILES string of the molecule is Cc1nn(C2CCOCC2)cc1CNCC(C)C. The van der Waals surface area contributed by atoms with Gasteiger partial charge in [0.1, 0.15) is 0 Å². The van der Waals surface area contributed by atoms with Gasteiger partial charge >= 0.3 is 0 Å². The fourth-order valence-electron chi connectivity index (χ4n) is 2.33. The lowest BCUT2D eigenvalue weighted by Gasteiger charge is -2.22. The summed E-state index contributed by atoms with van der Waals surface area (Å²) in [5.41, 5.74) is 2.47. The molecule has 4 heteroatoms. The Hall–Kier alpha value is -0.870. The fraction of sp³-hybridized carbons (Fsp3) is 0.786. The molecule has 0 bridgehead atoms. The molecule has 0 saturated carbocycles. The quantitative estimate of drug-likeness (QED) is 0.872. The van der Waals surface area contributed by atoms with Crippen molar-refractivity contribution < 1.29 is 4.74 Å². The number of nitrogens with one attached hydrogen (secondary N) is 1. The zero-order valence-corrected chi connectivity index (χ0v) is 11.8. The van der Waals surface area contributed by atoms with Gasteiger partial charge in [0, 0.05) is 31.5 Å². The second-order valence-corrected chi connectivity index (χ2v) is 5.59. The van der Waals surface area contributed by atoms with Gasteiger partial charge in [0.05, 0.1) is 11.7 Å². The van der Waals surface area contributed by atoms with Crippen molar-refractivity contribution in [3.05, 3.63) is 17.5 Å². The molecular formula is C14H25N3O. The molecular weight excluding hydrogens is 226 g/mol. The highest BCUT2D eigenvalue weighted by molar-refractivity contribution is 5.15. The van der Waals surface area contributed by atoms with Crippen molar-refractivity contribution in [2.75, 3.05) is 19.8 Å². The maximum atomic E-state index is 5.40. The molecule has 2 rings (SSSR count). The number of aromatic nitrogens is 2. The Morgan fingerprint density at radius 2 is 2.17 bits per heavy atom. The van der Waals surface area contributed by atoms with E-state index in [0.717, 1.165) is 44.8 Å². The van der Waals surface area contributed by atoms with Crippen molar-refractivity contribution in [3.63, 3.8) is 0 Å². The lowest BCUT2D eigenvalue weighted by Crippen LogP contribution is -2.20. The molecule has 1 fully saturated rings. The molecule has 102 valence electrons. The number of aryl methyl sites for hydroxylation is 1. The van der Waals surface area contributed by atoms with E-state index in [2.05, 4.69) is 42.1 Å². The molecule has 18 heavy (non-hydrogen) atoms. The summed E-state index contributed by atoms with van der Waals surface area (Å²) < 4.78 is 7.54. The molecule has 2 heterocycles. The number of nitrogens with zero attached hydrogens (tertiary/aromatic N) is 2. The van der Waals surface area contributed by atoms with Gasteiger partial charge in [-0.1, -0.05) is 13.8 Å². The van der Waals surface area contributed by atoms with Crippen LogP contribution in [0.1, 0.15) is 44.0 Å². The monoisotopic (exact) mass is 251 g/mol. The smallest absolute Gasteiger partial charge is 0.0638 e. The number of ether oxygens (including phenoxy) is 1. The third-order valence-corrected chi connectivity index (χ3v) is 3.45. The molecule has 1 saturated heterocycles. The molecule has 0 unspecified atom stereocenters. The number of hydrogen-bond acceptors (Lipinski definition) is 3. The molecule has 1 N–H and O–H groups in total. The minimum atomic E-state index is 0.524. The van der Waals surface area contributed by atoms with Crippen molar-refractivity contribution in [1.82, 2.24) is 15.1 Å². The number of rotatable bonds is 5. The average Bonchev–Trinajstić information content (AvgIpc) is 2.72. The molecule has 0 radical (unpaired) electrons. The van der Waals surface area contributed by atoms with Crippen molar-refractivity contribution in [3.8, 4) is 0 Å². The Bertz CT molecular complexity index is 367. The summed E-state index contributed by atoms with van der Waals surface area (Å²) >= 11 is 0. The largest absolute Gasteiger partial charge is 0.381 e. The van der Waals surface area contributed by atoms with Gasteiger partial charge in [-0.2, -0.15) is 5.10 Å². The van der Waals surface area contributed by atoms with Crippen LogP contribution in [-0.4, -0.2) is 29.5 Å². The highest BCUT2D eigenvalue weighted by Gasteiger charge is 2.17. The molecule has 0 spiro atoms. The van der Waals surface area contributed by atoms with E-state index in [1.165, 1.54) is 5.56 Å². The van der Waals surface area contributed by atoms with Crippen LogP contribution in [-0.2, 0) is 11.3 Å². The van der Waals surface area contributed by atoms with Gasteiger partial charge in [-0.15, -0.1) is 0 Å². The fourth-order valence-corrected chi connectivity index (χ4v) is 2.33. The van der Waals surface area contributed by atoms with Gasteiger partial charge in [-0.25, -0.2) is 0 Å². The molecule has 0 aliphatic carbocycles. The first kappa shape index (κ1) is 13.6. The van der Waals surface area contributed by atoms with Gasteiger partial charge in [0.2, 0.25) is 0 Å². The first-order chi connectivity index (χ1) is 8.66.